The Morgan fingerprint density at radius 2 is 1.27 bits per heavy atom. The molecule has 0 saturated carbocycles. The second-order valence-electron chi connectivity index (χ2n) is 12.0. The van der Waals surface area contributed by atoms with Gasteiger partial charge in [-0.2, -0.15) is 0 Å². The molecule has 0 aliphatic carbocycles. The lowest BCUT2D eigenvalue weighted by atomic mass is 9.85. The summed E-state index contributed by atoms with van der Waals surface area (Å²) in [7, 11) is 0.506. The highest BCUT2D eigenvalue weighted by Crippen LogP contribution is 2.35. The Bertz CT molecular complexity index is 1570. The Morgan fingerprint density at radius 1 is 0.688 bits per heavy atom. The zero-order valence-electron chi connectivity index (χ0n) is 28.3. The Labute approximate surface area is 285 Å². The van der Waals surface area contributed by atoms with Crippen LogP contribution in [0.15, 0.2) is 109 Å². The first-order valence-electron chi connectivity index (χ1n) is 16.4. The lowest BCUT2D eigenvalue weighted by molar-refractivity contribution is -0.144. The summed E-state index contributed by atoms with van der Waals surface area (Å²) in [5.74, 6) is -1.02. The maximum Gasteiger partial charge on any atom is 0.339 e. The number of hydrogen-bond acceptors (Lipinski definition) is 7. The molecule has 0 fully saturated rings. The molecule has 0 aliphatic rings. The standard InChI is InChI=1S/C40H45O7P/c1-6-45-37(41)26-28(2)25-29(3)38(30(4)27-46-39(42)31-21-23-32(44-5)24-22-31)47-40(43)35-19-13-14-20-36(35)48(33-15-9-7-10-16-33)34-17-11-8-12-18-34/h7-24,28-30,38H,6,25-27H2,1-5H3/t28?,29-,30+,38-/m0/s1. The molecule has 0 spiro atoms. The summed E-state index contributed by atoms with van der Waals surface area (Å²) in [6.45, 7) is 8.07. The Hall–Kier alpha value is -4.48. The molecule has 4 aromatic carbocycles. The first kappa shape index (κ1) is 36.4. The first-order valence-corrected chi connectivity index (χ1v) is 17.7. The molecule has 252 valence electrons. The van der Waals surface area contributed by atoms with Gasteiger partial charge in [-0.15, -0.1) is 0 Å². The Balaban J connectivity index is 1.60. The van der Waals surface area contributed by atoms with Gasteiger partial charge in [0.2, 0.25) is 0 Å². The van der Waals surface area contributed by atoms with E-state index >= 15 is 0 Å². The van der Waals surface area contributed by atoms with Crippen molar-refractivity contribution in [3.05, 3.63) is 120 Å². The molecule has 0 N–H and O–H groups in total. The summed E-state index contributed by atoms with van der Waals surface area (Å²) in [4.78, 5) is 39.3. The molecule has 0 aliphatic heterocycles. The smallest absolute Gasteiger partial charge is 0.339 e. The molecule has 1 unspecified atom stereocenters. The van der Waals surface area contributed by atoms with Crippen molar-refractivity contribution in [3.63, 3.8) is 0 Å². The second kappa shape index (κ2) is 18.2. The molecule has 4 aromatic rings. The van der Waals surface area contributed by atoms with Crippen molar-refractivity contribution in [1.29, 1.82) is 0 Å². The van der Waals surface area contributed by atoms with Crippen molar-refractivity contribution in [3.8, 4) is 5.75 Å². The lowest BCUT2D eigenvalue weighted by Gasteiger charge is -2.31. The monoisotopic (exact) mass is 668 g/mol. The SMILES string of the molecule is CCOC(=O)CC(C)C[C@H](C)[C@H](OC(=O)c1ccccc1P(c1ccccc1)c1ccccc1)[C@H](C)COC(=O)c1ccc(OC)cc1. The molecule has 8 heteroatoms. The van der Waals surface area contributed by atoms with Gasteiger partial charge in [0, 0.05) is 12.3 Å². The highest BCUT2D eigenvalue weighted by atomic mass is 31.1. The minimum absolute atomic E-state index is 0.00872. The predicted molar refractivity (Wildman–Crippen MR) is 191 cm³/mol. The lowest BCUT2D eigenvalue weighted by Crippen LogP contribution is -2.36. The van der Waals surface area contributed by atoms with Gasteiger partial charge in [-0.3, -0.25) is 4.79 Å². The van der Waals surface area contributed by atoms with Gasteiger partial charge in [-0.25, -0.2) is 9.59 Å². The molecular weight excluding hydrogens is 623 g/mol. The third kappa shape index (κ3) is 10.0. The number of carbonyl (C=O) groups is 3. The summed E-state index contributed by atoms with van der Waals surface area (Å²) in [6, 6.07) is 34.7. The average Bonchev–Trinajstić information content (AvgIpc) is 3.10. The largest absolute Gasteiger partial charge is 0.497 e. The molecular formula is C40H45O7P. The van der Waals surface area contributed by atoms with Crippen LogP contribution in [-0.2, 0) is 19.0 Å². The van der Waals surface area contributed by atoms with Crippen LogP contribution < -0.4 is 20.7 Å². The van der Waals surface area contributed by atoms with Crippen LogP contribution in [-0.4, -0.2) is 44.3 Å². The summed E-state index contributed by atoms with van der Waals surface area (Å²) in [5.41, 5.74) is 0.896. The van der Waals surface area contributed by atoms with Crippen molar-refractivity contribution in [2.24, 2.45) is 17.8 Å². The van der Waals surface area contributed by atoms with Gasteiger partial charge in [0.15, 0.2) is 0 Å². The van der Waals surface area contributed by atoms with Crippen LogP contribution >= 0.6 is 7.92 Å². The fourth-order valence-corrected chi connectivity index (χ4v) is 8.31. The van der Waals surface area contributed by atoms with Gasteiger partial charge in [0.25, 0.3) is 0 Å². The maximum atomic E-state index is 14.2. The van der Waals surface area contributed by atoms with Crippen LogP contribution in [0, 0.1) is 17.8 Å². The number of esters is 3. The molecule has 0 bridgehead atoms. The molecule has 0 heterocycles. The van der Waals surface area contributed by atoms with Gasteiger partial charge in [0.1, 0.15) is 11.9 Å². The first-order chi connectivity index (χ1) is 23.2. The summed E-state index contributed by atoms with van der Waals surface area (Å²) in [5, 5.41) is 3.14. The predicted octanol–water partition coefficient (Wildman–Crippen LogP) is 7.09. The van der Waals surface area contributed by atoms with Crippen LogP contribution in [0.2, 0.25) is 0 Å². The third-order valence-corrected chi connectivity index (χ3v) is 10.7. The van der Waals surface area contributed by atoms with Crippen molar-refractivity contribution < 1.29 is 33.3 Å². The number of rotatable bonds is 16. The number of hydrogen-bond donors (Lipinski definition) is 0. The van der Waals surface area contributed by atoms with E-state index in [1.165, 1.54) is 0 Å². The Morgan fingerprint density at radius 3 is 1.85 bits per heavy atom. The van der Waals surface area contributed by atoms with Crippen molar-refractivity contribution >= 4 is 41.7 Å². The molecule has 4 atom stereocenters. The average molecular weight is 669 g/mol. The van der Waals surface area contributed by atoms with E-state index in [1.54, 1.807) is 38.3 Å². The van der Waals surface area contributed by atoms with Crippen LogP contribution in [0.4, 0.5) is 0 Å². The molecule has 7 nitrogen and oxygen atoms in total. The summed E-state index contributed by atoms with van der Waals surface area (Å²) >= 11 is 0. The van der Waals surface area contributed by atoms with E-state index in [1.807, 2.05) is 81.4 Å². The topological polar surface area (TPSA) is 88.1 Å². The van der Waals surface area contributed by atoms with Crippen molar-refractivity contribution in [2.75, 3.05) is 20.3 Å². The maximum absolute atomic E-state index is 14.2. The summed E-state index contributed by atoms with van der Waals surface area (Å²) < 4.78 is 22.5. The van der Waals surface area contributed by atoms with Crippen molar-refractivity contribution in [1.82, 2.24) is 0 Å². The van der Waals surface area contributed by atoms with Gasteiger partial charge >= 0.3 is 17.9 Å². The fourth-order valence-electron chi connectivity index (χ4n) is 5.87. The zero-order chi connectivity index (χ0) is 34.5. The summed E-state index contributed by atoms with van der Waals surface area (Å²) in [6.07, 6.45) is 0.273. The van der Waals surface area contributed by atoms with Crippen molar-refractivity contribution in [2.45, 2.75) is 46.6 Å². The van der Waals surface area contributed by atoms with Gasteiger partial charge < -0.3 is 18.9 Å². The zero-order valence-corrected chi connectivity index (χ0v) is 29.2. The number of benzene rings is 4. The van der Waals surface area contributed by atoms with Gasteiger partial charge in [-0.1, -0.05) is 99.6 Å². The molecule has 0 radical (unpaired) electrons. The molecule has 0 saturated heterocycles. The fraction of sp³-hybridized carbons (Fsp3) is 0.325. The normalized spacial score (nSPS) is 13.5. The number of carbonyl (C=O) groups excluding carboxylic acids is 3. The molecule has 0 amide bonds. The van der Waals surface area contributed by atoms with E-state index in [2.05, 4.69) is 24.3 Å². The highest BCUT2D eigenvalue weighted by molar-refractivity contribution is 7.80. The Kier molecular flexibility index (Phi) is 13.8. The van der Waals surface area contributed by atoms with E-state index in [0.29, 0.717) is 29.9 Å². The minimum atomic E-state index is -1.06. The van der Waals surface area contributed by atoms with Crippen LogP contribution in [0.25, 0.3) is 0 Å². The van der Waals surface area contributed by atoms with E-state index in [4.69, 9.17) is 18.9 Å². The van der Waals surface area contributed by atoms with E-state index in [9.17, 15) is 14.4 Å². The highest BCUT2D eigenvalue weighted by Gasteiger charge is 2.32. The molecule has 0 aromatic heterocycles. The molecule has 4 rings (SSSR count). The van der Waals surface area contributed by atoms with Crippen LogP contribution in [0.3, 0.4) is 0 Å². The van der Waals surface area contributed by atoms with E-state index in [-0.39, 0.29) is 36.8 Å². The third-order valence-electron chi connectivity index (χ3n) is 8.16. The van der Waals surface area contributed by atoms with E-state index in [0.717, 1.165) is 15.9 Å². The number of methoxy groups -OCH3 is 1. The number of ether oxygens (including phenoxy) is 4. The minimum Gasteiger partial charge on any atom is -0.497 e. The van der Waals surface area contributed by atoms with E-state index < -0.39 is 26.0 Å². The van der Waals surface area contributed by atoms with Gasteiger partial charge in [-0.05, 0) is 79.3 Å². The van der Waals surface area contributed by atoms with Crippen LogP contribution in [0.5, 0.6) is 5.75 Å². The molecule has 48 heavy (non-hydrogen) atoms. The quantitative estimate of drug-likeness (QED) is 0.0716. The second-order valence-corrected chi connectivity index (χ2v) is 14.2. The van der Waals surface area contributed by atoms with Crippen LogP contribution in [0.1, 0.15) is 61.3 Å². The van der Waals surface area contributed by atoms with Gasteiger partial charge in [0.05, 0.1) is 31.5 Å².